The van der Waals surface area contributed by atoms with Crippen molar-refractivity contribution in [2.45, 2.75) is 6.54 Å². The lowest BCUT2D eigenvalue weighted by atomic mass is 10.2. The van der Waals surface area contributed by atoms with Crippen molar-refractivity contribution < 1.29 is 19.2 Å². The number of rotatable bonds is 8. The van der Waals surface area contributed by atoms with E-state index in [1.165, 1.54) is 13.2 Å². The van der Waals surface area contributed by atoms with Crippen LogP contribution in [0.15, 0.2) is 54.9 Å². The number of carbonyl (C=O) groups is 2. The second kappa shape index (κ2) is 9.84. The maximum absolute atomic E-state index is 11.9. The lowest BCUT2D eigenvalue weighted by molar-refractivity contribution is -0.133. The highest BCUT2D eigenvalue weighted by atomic mass is 16.6. The van der Waals surface area contributed by atoms with Crippen LogP contribution in [0.1, 0.15) is 11.1 Å². The molecule has 0 aliphatic rings. The van der Waals surface area contributed by atoms with E-state index >= 15 is 0 Å². The van der Waals surface area contributed by atoms with Gasteiger partial charge >= 0.3 is 0 Å². The van der Waals surface area contributed by atoms with Crippen LogP contribution in [0.25, 0.3) is 6.08 Å². The van der Waals surface area contributed by atoms with Gasteiger partial charge in [-0.3, -0.25) is 19.4 Å². The van der Waals surface area contributed by atoms with Crippen molar-refractivity contribution in [3.05, 3.63) is 66.0 Å². The van der Waals surface area contributed by atoms with Gasteiger partial charge in [0.2, 0.25) is 5.91 Å². The highest BCUT2D eigenvalue weighted by Gasteiger charge is 2.05. The van der Waals surface area contributed by atoms with E-state index in [4.69, 9.17) is 4.74 Å². The summed E-state index contributed by atoms with van der Waals surface area (Å²) >= 11 is 0. The van der Waals surface area contributed by atoms with Crippen molar-refractivity contribution in [1.82, 2.24) is 15.8 Å². The predicted octanol–water partition coefficient (Wildman–Crippen LogP) is 1.47. The molecule has 0 atom stereocenters. The van der Waals surface area contributed by atoms with Crippen molar-refractivity contribution in [2.24, 2.45) is 0 Å². The van der Waals surface area contributed by atoms with E-state index in [1.54, 1.807) is 36.7 Å². The normalized spacial score (nSPS) is 10.4. The van der Waals surface area contributed by atoms with Crippen LogP contribution in [0.5, 0.6) is 5.75 Å². The fraction of sp³-hybridized carbons (Fsp3) is 0.167. The largest absolute Gasteiger partial charge is 0.483 e. The number of hydroxylamine groups is 1. The minimum absolute atomic E-state index is 0.189. The summed E-state index contributed by atoms with van der Waals surface area (Å²) in [5.74, 6) is -0.156. The highest BCUT2D eigenvalue weighted by molar-refractivity contribution is 5.92. The zero-order chi connectivity index (χ0) is 17.9. The molecule has 0 fully saturated rings. The number of carbonyl (C=O) groups excluding carboxylic acids is 2. The first-order valence-corrected chi connectivity index (χ1v) is 7.57. The summed E-state index contributed by atoms with van der Waals surface area (Å²) < 4.78 is 5.43. The minimum atomic E-state index is -0.407. The molecule has 1 aromatic carbocycles. The van der Waals surface area contributed by atoms with Crippen LogP contribution in [0.2, 0.25) is 0 Å². The fourth-order valence-electron chi connectivity index (χ4n) is 1.95. The van der Waals surface area contributed by atoms with Crippen LogP contribution in [0, 0.1) is 0 Å². The highest BCUT2D eigenvalue weighted by Crippen LogP contribution is 2.19. The molecule has 7 nitrogen and oxygen atoms in total. The second-order valence-electron chi connectivity index (χ2n) is 4.97. The summed E-state index contributed by atoms with van der Waals surface area (Å²) in [7, 11) is 1.35. The van der Waals surface area contributed by atoms with Crippen molar-refractivity contribution in [3.8, 4) is 5.75 Å². The number of aromatic nitrogens is 1. The molecule has 2 rings (SSSR count). The third kappa shape index (κ3) is 6.44. The fourth-order valence-corrected chi connectivity index (χ4v) is 1.95. The smallest absolute Gasteiger partial charge is 0.281 e. The lowest BCUT2D eigenvalue weighted by Gasteiger charge is -2.08. The predicted molar refractivity (Wildman–Crippen MR) is 92.2 cm³/mol. The quantitative estimate of drug-likeness (QED) is 0.561. The summed E-state index contributed by atoms with van der Waals surface area (Å²) in [6, 6.07) is 10.8. The van der Waals surface area contributed by atoms with Gasteiger partial charge in [-0.05, 0) is 23.8 Å². The number of benzene rings is 1. The lowest BCUT2D eigenvalue weighted by Crippen LogP contribution is -2.27. The molecular formula is C18H19N3O4. The summed E-state index contributed by atoms with van der Waals surface area (Å²) in [4.78, 5) is 31.8. The molecule has 2 N–H and O–H groups in total. The molecule has 7 heteroatoms. The van der Waals surface area contributed by atoms with Crippen LogP contribution in [0.4, 0.5) is 0 Å². The third-order valence-electron chi connectivity index (χ3n) is 3.10. The first-order valence-electron chi connectivity index (χ1n) is 7.57. The van der Waals surface area contributed by atoms with Gasteiger partial charge in [-0.15, -0.1) is 0 Å². The molecule has 0 radical (unpaired) electrons. The number of ether oxygens (including phenoxy) is 1. The molecule has 0 saturated heterocycles. The molecule has 0 aliphatic carbocycles. The Morgan fingerprint density at radius 2 is 2.04 bits per heavy atom. The number of para-hydroxylation sites is 1. The van der Waals surface area contributed by atoms with Crippen LogP contribution >= 0.6 is 0 Å². The Bertz CT molecular complexity index is 732. The van der Waals surface area contributed by atoms with Crippen LogP contribution in [0.3, 0.4) is 0 Å². The summed E-state index contributed by atoms with van der Waals surface area (Å²) in [6.45, 7) is 0.207. The Hall–Kier alpha value is -3.19. The Morgan fingerprint density at radius 3 is 2.80 bits per heavy atom. The average molecular weight is 341 g/mol. The molecule has 0 bridgehead atoms. The summed E-state index contributed by atoms with van der Waals surface area (Å²) in [5, 5.41) is 2.77. The van der Waals surface area contributed by atoms with Crippen LogP contribution < -0.4 is 15.5 Å². The number of pyridine rings is 1. The van der Waals surface area contributed by atoms with Gasteiger partial charge in [0.1, 0.15) is 5.75 Å². The Labute approximate surface area is 145 Å². The molecule has 130 valence electrons. The monoisotopic (exact) mass is 341 g/mol. The van der Waals surface area contributed by atoms with Gasteiger partial charge in [-0.2, -0.15) is 0 Å². The van der Waals surface area contributed by atoms with E-state index in [1.807, 2.05) is 18.2 Å². The molecular weight excluding hydrogens is 322 g/mol. The maximum atomic E-state index is 11.9. The van der Waals surface area contributed by atoms with Gasteiger partial charge in [-0.25, -0.2) is 5.48 Å². The zero-order valence-electron chi connectivity index (χ0n) is 13.8. The van der Waals surface area contributed by atoms with Gasteiger partial charge in [0.05, 0.1) is 7.11 Å². The third-order valence-corrected chi connectivity index (χ3v) is 3.10. The zero-order valence-corrected chi connectivity index (χ0v) is 13.8. The second-order valence-corrected chi connectivity index (χ2v) is 4.97. The molecule has 0 unspecified atom stereocenters. The summed E-state index contributed by atoms with van der Waals surface area (Å²) in [5.41, 5.74) is 3.77. The number of amides is 2. The molecule has 0 saturated carbocycles. The van der Waals surface area contributed by atoms with E-state index in [9.17, 15) is 9.59 Å². The standard InChI is InChI=1S/C18H19N3O4/c1-24-21-18(23)13-25-16-7-3-2-6-15(16)8-9-17(22)20-12-14-5-4-10-19-11-14/h2-11H,12-13H2,1H3,(H,20,22)(H,21,23)/b9-8+. The van der Waals surface area contributed by atoms with E-state index < -0.39 is 5.91 Å². The SMILES string of the molecule is CONC(=O)COc1ccccc1/C=C/C(=O)NCc1cccnc1. The van der Waals surface area contributed by atoms with Gasteiger partial charge in [0, 0.05) is 30.6 Å². The minimum Gasteiger partial charge on any atom is -0.483 e. The van der Waals surface area contributed by atoms with Crippen LogP contribution in [-0.2, 0) is 21.0 Å². The number of nitrogens with zero attached hydrogens (tertiary/aromatic N) is 1. The van der Waals surface area contributed by atoms with Gasteiger partial charge in [-0.1, -0.05) is 24.3 Å². The molecule has 2 amide bonds. The average Bonchev–Trinajstić information content (AvgIpc) is 2.64. The number of nitrogens with one attached hydrogen (secondary N) is 2. The van der Waals surface area contributed by atoms with Crippen molar-refractivity contribution in [1.29, 1.82) is 0 Å². The first kappa shape index (κ1) is 18.2. The first-order chi connectivity index (χ1) is 12.2. The van der Waals surface area contributed by atoms with Crippen molar-refractivity contribution in [2.75, 3.05) is 13.7 Å². The molecule has 0 aliphatic heterocycles. The van der Waals surface area contributed by atoms with Gasteiger partial charge in [0.25, 0.3) is 5.91 Å². The molecule has 0 spiro atoms. The van der Waals surface area contributed by atoms with E-state index in [0.29, 0.717) is 17.9 Å². The molecule has 1 aromatic heterocycles. The Kier molecular flexibility index (Phi) is 7.14. The Morgan fingerprint density at radius 1 is 1.20 bits per heavy atom. The molecule has 2 aromatic rings. The summed E-state index contributed by atoms with van der Waals surface area (Å²) in [6.07, 6.45) is 6.41. The van der Waals surface area contributed by atoms with E-state index in [0.717, 1.165) is 5.56 Å². The van der Waals surface area contributed by atoms with Gasteiger partial charge in [0.15, 0.2) is 6.61 Å². The maximum Gasteiger partial charge on any atom is 0.281 e. The number of hydrogen-bond donors (Lipinski definition) is 2. The molecule has 1 heterocycles. The van der Waals surface area contributed by atoms with E-state index in [-0.39, 0.29) is 12.5 Å². The Balaban J connectivity index is 1.91. The van der Waals surface area contributed by atoms with Crippen molar-refractivity contribution in [3.63, 3.8) is 0 Å². The van der Waals surface area contributed by atoms with Gasteiger partial charge < -0.3 is 10.1 Å². The van der Waals surface area contributed by atoms with E-state index in [2.05, 4.69) is 20.6 Å². The molecule has 25 heavy (non-hydrogen) atoms. The topological polar surface area (TPSA) is 89.5 Å². The van der Waals surface area contributed by atoms with Crippen LogP contribution in [-0.4, -0.2) is 30.5 Å². The van der Waals surface area contributed by atoms with Crippen molar-refractivity contribution >= 4 is 17.9 Å². The number of hydrogen-bond acceptors (Lipinski definition) is 5.